The van der Waals surface area contributed by atoms with Crippen molar-refractivity contribution in [2.75, 3.05) is 4.72 Å². The normalized spacial score (nSPS) is 11.4. The molecular formula is C23H21N3O2S. The quantitative estimate of drug-likeness (QED) is 0.512. The molecule has 1 N–H and O–H groups in total. The Kier molecular flexibility index (Phi) is 4.94. The van der Waals surface area contributed by atoms with Crippen LogP contribution in [0.5, 0.6) is 0 Å². The van der Waals surface area contributed by atoms with E-state index in [2.05, 4.69) is 9.82 Å². The molecule has 0 spiro atoms. The number of nitrogens with zero attached hydrogens (tertiary/aromatic N) is 2. The SMILES string of the molecule is Cc1nn(-c2ccccc2)c(C)c1S(=O)(=O)Nc1ccccc1-c1ccccc1. The Balaban J connectivity index is 1.76. The van der Waals surface area contributed by atoms with E-state index < -0.39 is 10.0 Å². The topological polar surface area (TPSA) is 64.0 Å². The van der Waals surface area contributed by atoms with E-state index in [-0.39, 0.29) is 4.90 Å². The Morgan fingerprint density at radius 3 is 2.07 bits per heavy atom. The number of rotatable bonds is 5. The van der Waals surface area contributed by atoms with Crippen molar-refractivity contribution in [1.82, 2.24) is 9.78 Å². The van der Waals surface area contributed by atoms with Gasteiger partial charge in [0, 0.05) is 5.56 Å². The van der Waals surface area contributed by atoms with Crippen LogP contribution in [0.2, 0.25) is 0 Å². The molecule has 6 heteroatoms. The highest BCUT2D eigenvalue weighted by Crippen LogP contribution is 2.31. The minimum absolute atomic E-state index is 0.198. The molecule has 5 nitrogen and oxygen atoms in total. The first-order chi connectivity index (χ1) is 14.0. The molecule has 4 rings (SSSR count). The molecule has 146 valence electrons. The molecule has 0 fully saturated rings. The zero-order valence-corrected chi connectivity index (χ0v) is 17.0. The molecule has 3 aromatic carbocycles. The molecule has 4 aromatic rings. The smallest absolute Gasteiger partial charge is 0.265 e. The molecule has 0 aliphatic carbocycles. The Labute approximate surface area is 170 Å². The third-order valence-electron chi connectivity index (χ3n) is 4.75. The molecular weight excluding hydrogens is 382 g/mol. The highest BCUT2D eigenvalue weighted by Gasteiger charge is 2.26. The van der Waals surface area contributed by atoms with Gasteiger partial charge in [0.2, 0.25) is 0 Å². The summed E-state index contributed by atoms with van der Waals surface area (Å²) in [5, 5.41) is 4.47. The van der Waals surface area contributed by atoms with Crippen molar-refractivity contribution in [2.45, 2.75) is 18.7 Å². The van der Waals surface area contributed by atoms with Crippen molar-refractivity contribution in [3.8, 4) is 16.8 Å². The molecule has 0 unspecified atom stereocenters. The fourth-order valence-corrected chi connectivity index (χ4v) is 4.95. The average Bonchev–Trinajstić information content (AvgIpc) is 3.04. The number of benzene rings is 3. The first-order valence-corrected chi connectivity index (χ1v) is 10.7. The molecule has 0 aliphatic heterocycles. The zero-order valence-electron chi connectivity index (χ0n) is 16.2. The van der Waals surface area contributed by atoms with Gasteiger partial charge in [-0.25, -0.2) is 13.1 Å². The number of para-hydroxylation sites is 2. The second-order valence-electron chi connectivity index (χ2n) is 6.76. The van der Waals surface area contributed by atoms with E-state index in [1.165, 1.54) is 0 Å². The van der Waals surface area contributed by atoms with Gasteiger partial charge >= 0.3 is 0 Å². The summed E-state index contributed by atoms with van der Waals surface area (Å²) in [6.45, 7) is 3.48. The zero-order chi connectivity index (χ0) is 20.4. The molecule has 0 saturated carbocycles. The summed E-state index contributed by atoms with van der Waals surface area (Å²) < 4.78 is 31.0. The van der Waals surface area contributed by atoms with Gasteiger partial charge in [-0.05, 0) is 37.6 Å². The van der Waals surface area contributed by atoms with Crippen molar-refractivity contribution < 1.29 is 8.42 Å². The summed E-state index contributed by atoms with van der Waals surface area (Å²) in [4.78, 5) is 0.198. The van der Waals surface area contributed by atoms with Crippen molar-refractivity contribution in [2.24, 2.45) is 0 Å². The second-order valence-corrected chi connectivity index (χ2v) is 8.38. The van der Waals surface area contributed by atoms with Gasteiger partial charge < -0.3 is 0 Å². The van der Waals surface area contributed by atoms with Crippen molar-refractivity contribution in [3.05, 3.63) is 96.3 Å². The Hall–Kier alpha value is -3.38. The van der Waals surface area contributed by atoms with Gasteiger partial charge in [-0.2, -0.15) is 5.10 Å². The number of hydrogen-bond acceptors (Lipinski definition) is 3. The number of nitrogens with one attached hydrogen (secondary N) is 1. The predicted molar refractivity (Wildman–Crippen MR) is 116 cm³/mol. The van der Waals surface area contributed by atoms with E-state index in [1.54, 1.807) is 24.6 Å². The highest BCUT2D eigenvalue weighted by atomic mass is 32.2. The molecule has 29 heavy (non-hydrogen) atoms. The first-order valence-electron chi connectivity index (χ1n) is 9.26. The van der Waals surface area contributed by atoms with Crippen LogP contribution in [-0.2, 0) is 10.0 Å². The number of aromatic nitrogens is 2. The average molecular weight is 404 g/mol. The standard InChI is InChI=1S/C23H21N3O2S/c1-17-23(18(2)26(24-17)20-13-7-4-8-14-20)29(27,28)25-22-16-10-9-15-21(22)19-11-5-3-6-12-19/h3-16,25H,1-2H3. The third-order valence-corrected chi connectivity index (χ3v) is 6.37. The maximum atomic E-state index is 13.3. The van der Waals surface area contributed by atoms with Crippen LogP contribution in [0.3, 0.4) is 0 Å². The van der Waals surface area contributed by atoms with E-state index in [0.29, 0.717) is 17.1 Å². The van der Waals surface area contributed by atoms with Crippen LogP contribution in [0.25, 0.3) is 16.8 Å². The maximum absolute atomic E-state index is 13.3. The van der Waals surface area contributed by atoms with Crippen LogP contribution in [-0.4, -0.2) is 18.2 Å². The van der Waals surface area contributed by atoms with E-state index in [9.17, 15) is 8.42 Å². The Morgan fingerprint density at radius 1 is 0.793 bits per heavy atom. The lowest BCUT2D eigenvalue weighted by molar-refractivity contribution is 0.600. The number of hydrogen-bond donors (Lipinski definition) is 1. The molecule has 0 bridgehead atoms. The molecule has 1 heterocycles. The van der Waals surface area contributed by atoms with Crippen LogP contribution in [0.15, 0.2) is 89.8 Å². The van der Waals surface area contributed by atoms with Crippen LogP contribution < -0.4 is 4.72 Å². The van der Waals surface area contributed by atoms with Gasteiger partial charge in [-0.3, -0.25) is 4.72 Å². The van der Waals surface area contributed by atoms with Crippen LogP contribution >= 0.6 is 0 Å². The summed E-state index contributed by atoms with van der Waals surface area (Å²) in [6, 6.07) is 26.6. The van der Waals surface area contributed by atoms with Gasteiger partial charge in [-0.1, -0.05) is 66.7 Å². The fourth-order valence-electron chi connectivity index (χ4n) is 3.48. The number of sulfonamides is 1. The first kappa shape index (κ1) is 19.0. The number of aryl methyl sites for hydroxylation is 1. The van der Waals surface area contributed by atoms with E-state index in [4.69, 9.17) is 0 Å². The van der Waals surface area contributed by atoms with Crippen molar-refractivity contribution in [3.63, 3.8) is 0 Å². The predicted octanol–water partition coefficient (Wildman–Crippen LogP) is 4.96. The van der Waals surface area contributed by atoms with E-state index >= 15 is 0 Å². The lowest BCUT2D eigenvalue weighted by Gasteiger charge is -2.13. The summed E-state index contributed by atoms with van der Waals surface area (Å²) >= 11 is 0. The Morgan fingerprint density at radius 2 is 1.38 bits per heavy atom. The largest absolute Gasteiger partial charge is 0.279 e. The Bertz CT molecular complexity index is 1250. The van der Waals surface area contributed by atoms with Crippen LogP contribution in [0.1, 0.15) is 11.4 Å². The highest BCUT2D eigenvalue weighted by molar-refractivity contribution is 7.92. The summed E-state index contributed by atoms with van der Waals surface area (Å²) in [6.07, 6.45) is 0. The lowest BCUT2D eigenvalue weighted by Crippen LogP contribution is -2.15. The van der Waals surface area contributed by atoms with Crippen molar-refractivity contribution in [1.29, 1.82) is 0 Å². The van der Waals surface area contributed by atoms with Gasteiger partial charge in [0.1, 0.15) is 4.90 Å². The second kappa shape index (κ2) is 7.56. The van der Waals surface area contributed by atoms with Crippen molar-refractivity contribution >= 4 is 15.7 Å². The number of anilines is 1. The molecule has 1 aromatic heterocycles. The van der Waals surface area contributed by atoms with Gasteiger partial charge in [0.05, 0.1) is 22.8 Å². The molecule has 0 radical (unpaired) electrons. The van der Waals surface area contributed by atoms with E-state index in [1.807, 2.05) is 78.9 Å². The van der Waals surface area contributed by atoms with Crippen LogP contribution in [0.4, 0.5) is 5.69 Å². The molecule has 0 aliphatic rings. The fraction of sp³-hybridized carbons (Fsp3) is 0.0870. The van der Waals surface area contributed by atoms with Gasteiger partial charge in [0.25, 0.3) is 10.0 Å². The lowest BCUT2D eigenvalue weighted by atomic mass is 10.0. The minimum atomic E-state index is -3.83. The maximum Gasteiger partial charge on any atom is 0.265 e. The summed E-state index contributed by atoms with van der Waals surface area (Å²) in [5.74, 6) is 0. The monoisotopic (exact) mass is 403 g/mol. The molecule has 0 amide bonds. The third kappa shape index (κ3) is 3.67. The minimum Gasteiger partial charge on any atom is -0.279 e. The molecule has 0 atom stereocenters. The summed E-state index contributed by atoms with van der Waals surface area (Å²) in [7, 11) is -3.83. The molecule has 0 saturated heterocycles. The van der Waals surface area contributed by atoms with E-state index in [0.717, 1.165) is 16.8 Å². The summed E-state index contributed by atoms with van der Waals surface area (Å²) in [5.41, 5.74) is 4.14. The van der Waals surface area contributed by atoms with Gasteiger partial charge in [0.15, 0.2) is 0 Å². The van der Waals surface area contributed by atoms with Crippen LogP contribution in [0, 0.1) is 13.8 Å². The van der Waals surface area contributed by atoms with Gasteiger partial charge in [-0.15, -0.1) is 0 Å².